The van der Waals surface area contributed by atoms with Crippen molar-refractivity contribution in [1.29, 1.82) is 0 Å². The molecule has 110 valence electrons. The lowest BCUT2D eigenvalue weighted by Crippen LogP contribution is -2.46. The summed E-state index contributed by atoms with van der Waals surface area (Å²) in [5.74, 6) is 0.110. The summed E-state index contributed by atoms with van der Waals surface area (Å²) in [6.45, 7) is 3.16. The van der Waals surface area contributed by atoms with Gasteiger partial charge in [-0.25, -0.2) is 0 Å². The Kier molecular flexibility index (Phi) is 4.54. The largest absolute Gasteiger partial charge is 0.366 e. The Morgan fingerprint density at radius 1 is 1.45 bits per heavy atom. The molecular formula is C12H20N6O2. The molecule has 0 spiro atoms. The molecule has 1 saturated heterocycles. The number of H-pyrrole nitrogens is 1. The summed E-state index contributed by atoms with van der Waals surface area (Å²) in [6, 6.07) is 0.151. The van der Waals surface area contributed by atoms with Gasteiger partial charge in [0.2, 0.25) is 17.7 Å². The summed E-state index contributed by atoms with van der Waals surface area (Å²) >= 11 is 0. The molecule has 0 atom stereocenters. The Bertz CT molecular complexity index is 478. The van der Waals surface area contributed by atoms with Crippen LogP contribution in [0.5, 0.6) is 0 Å². The maximum atomic E-state index is 12.1. The fourth-order valence-electron chi connectivity index (χ4n) is 2.27. The third-order valence-electron chi connectivity index (χ3n) is 3.33. The van der Waals surface area contributed by atoms with Crippen LogP contribution >= 0.6 is 0 Å². The van der Waals surface area contributed by atoms with Crippen molar-refractivity contribution in [2.24, 2.45) is 0 Å². The number of anilines is 1. The number of nitrogens with two attached hydrogens (primary N) is 1. The van der Waals surface area contributed by atoms with Gasteiger partial charge in [-0.2, -0.15) is 4.98 Å². The SMILES string of the molecule is CCCC(=O)NC1CCN(C(=O)c2nc(N)n[nH]2)CC1. The predicted octanol–water partition coefficient (Wildman–Crippen LogP) is -0.0922. The molecular weight excluding hydrogens is 260 g/mol. The normalized spacial score (nSPS) is 16.1. The molecule has 1 aliphatic heterocycles. The lowest BCUT2D eigenvalue weighted by molar-refractivity contribution is -0.122. The van der Waals surface area contributed by atoms with E-state index in [9.17, 15) is 9.59 Å². The van der Waals surface area contributed by atoms with Crippen molar-refractivity contribution < 1.29 is 9.59 Å². The molecule has 8 nitrogen and oxygen atoms in total. The van der Waals surface area contributed by atoms with E-state index in [1.807, 2.05) is 6.92 Å². The lowest BCUT2D eigenvalue weighted by atomic mass is 10.0. The zero-order valence-electron chi connectivity index (χ0n) is 11.6. The number of nitrogen functional groups attached to an aromatic ring is 1. The molecule has 2 heterocycles. The third kappa shape index (κ3) is 3.46. The number of hydrogen-bond donors (Lipinski definition) is 3. The second kappa shape index (κ2) is 6.36. The highest BCUT2D eigenvalue weighted by molar-refractivity contribution is 5.90. The Balaban J connectivity index is 1.82. The summed E-state index contributed by atoms with van der Waals surface area (Å²) in [6.07, 6.45) is 2.90. The van der Waals surface area contributed by atoms with E-state index in [0.717, 1.165) is 19.3 Å². The Morgan fingerprint density at radius 2 is 2.15 bits per heavy atom. The van der Waals surface area contributed by atoms with Gasteiger partial charge in [-0.3, -0.25) is 14.7 Å². The van der Waals surface area contributed by atoms with Gasteiger partial charge in [0.25, 0.3) is 5.91 Å². The number of likely N-dealkylation sites (tertiary alicyclic amines) is 1. The van der Waals surface area contributed by atoms with Crippen LogP contribution < -0.4 is 11.1 Å². The number of piperidine rings is 1. The number of hydrogen-bond acceptors (Lipinski definition) is 5. The smallest absolute Gasteiger partial charge is 0.291 e. The van der Waals surface area contributed by atoms with Gasteiger partial charge in [0, 0.05) is 25.6 Å². The van der Waals surface area contributed by atoms with Crippen LogP contribution in [0.1, 0.15) is 43.2 Å². The zero-order valence-corrected chi connectivity index (χ0v) is 11.6. The van der Waals surface area contributed by atoms with E-state index >= 15 is 0 Å². The van der Waals surface area contributed by atoms with Crippen molar-refractivity contribution in [2.45, 2.75) is 38.6 Å². The fraction of sp³-hybridized carbons (Fsp3) is 0.667. The van der Waals surface area contributed by atoms with Gasteiger partial charge < -0.3 is 16.0 Å². The summed E-state index contributed by atoms with van der Waals surface area (Å²) < 4.78 is 0. The molecule has 1 aromatic heterocycles. The second-order valence-electron chi connectivity index (χ2n) is 4.93. The lowest BCUT2D eigenvalue weighted by Gasteiger charge is -2.31. The van der Waals surface area contributed by atoms with E-state index in [1.54, 1.807) is 4.90 Å². The molecule has 0 aromatic carbocycles. The van der Waals surface area contributed by atoms with Gasteiger partial charge >= 0.3 is 0 Å². The van der Waals surface area contributed by atoms with Crippen molar-refractivity contribution in [3.8, 4) is 0 Å². The number of nitrogens with zero attached hydrogens (tertiary/aromatic N) is 3. The van der Waals surface area contributed by atoms with Crippen LogP contribution in [0, 0.1) is 0 Å². The first-order chi connectivity index (χ1) is 9.60. The van der Waals surface area contributed by atoms with E-state index in [0.29, 0.717) is 19.5 Å². The van der Waals surface area contributed by atoms with Gasteiger partial charge in [0.1, 0.15) is 0 Å². The van der Waals surface area contributed by atoms with Gasteiger partial charge in [-0.05, 0) is 19.3 Å². The summed E-state index contributed by atoms with van der Waals surface area (Å²) in [4.78, 5) is 29.1. The maximum absolute atomic E-state index is 12.1. The Hall–Kier alpha value is -2.12. The van der Waals surface area contributed by atoms with Crippen LogP contribution in [-0.2, 0) is 4.79 Å². The summed E-state index contributed by atoms with van der Waals surface area (Å²) in [7, 11) is 0. The van der Waals surface area contributed by atoms with Gasteiger partial charge in [0.15, 0.2) is 0 Å². The highest BCUT2D eigenvalue weighted by atomic mass is 16.2. The van der Waals surface area contributed by atoms with Gasteiger partial charge in [0.05, 0.1) is 0 Å². The zero-order chi connectivity index (χ0) is 14.5. The Labute approximate surface area is 117 Å². The van der Waals surface area contributed by atoms with Crippen LogP contribution in [0.3, 0.4) is 0 Å². The monoisotopic (exact) mass is 280 g/mol. The molecule has 2 rings (SSSR count). The summed E-state index contributed by atoms with van der Waals surface area (Å²) in [5, 5.41) is 9.15. The number of aromatic amines is 1. The standard InChI is InChI=1S/C12H20N6O2/c1-2-3-9(19)14-8-4-6-18(7-5-8)11(20)10-15-12(13)17-16-10/h8H,2-7H2,1H3,(H,14,19)(H3,13,15,16,17). The van der Waals surface area contributed by atoms with Crippen LogP contribution in [0.2, 0.25) is 0 Å². The minimum absolute atomic E-state index is 0.0649. The molecule has 4 N–H and O–H groups in total. The minimum Gasteiger partial charge on any atom is -0.366 e. The van der Waals surface area contributed by atoms with Crippen molar-refractivity contribution in [1.82, 2.24) is 25.4 Å². The highest BCUT2D eigenvalue weighted by Gasteiger charge is 2.26. The van der Waals surface area contributed by atoms with Crippen molar-refractivity contribution in [3.05, 3.63) is 5.82 Å². The molecule has 0 aliphatic carbocycles. The molecule has 0 saturated carbocycles. The average Bonchev–Trinajstić information content (AvgIpc) is 2.86. The van der Waals surface area contributed by atoms with E-state index in [-0.39, 0.29) is 29.6 Å². The number of nitrogens with one attached hydrogen (secondary N) is 2. The predicted molar refractivity (Wildman–Crippen MR) is 72.8 cm³/mol. The van der Waals surface area contributed by atoms with E-state index < -0.39 is 0 Å². The molecule has 1 aromatic rings. The van der Waals surface area contributed by atoms with Crippen LogP contribution in [0.4, 0.5) is 5.95 Å². The van der Waals surface area contributed by atoms with Gasteiger partial charge in [-0.15, -0.1) is 5.10 Å². The first-order valence-corrected chi connectivity index (χ1v) is 6.86. The highest BCUT2D eigenvalue weighted by Crippen LogP contribution is 2.13. The molecule has 0 bridgehead atoms. The molecule has 1 fully saturated rings. The van der Waals surface area contributed by atoms with E-state index in [2.05, 4.69) is 20.5 Å². The molecule has 8 heteroatoms. The second-order valence-corrected chi connectivity index (χ2v) is 4.93. The van der Waals surface area contributed by atoms with E-state index in [1.165, 1.54) is 0 Å². The van der Waals surface area contributed by atoms with Crippen molar-refractivity contribution in [3.63, 3.8) is 0 Å². The molecule has 1 aliphatic rings. The number of aromatic nitrogens is 3. The van der Waals surface area contributed by atoms with E-state index in [4.69, 9.17) is 5.73 Å². The van der Waals surface area contributed by atoms with Crippen LogP contribution in [0.25, 0.3) is 0 Å². The number of carbonyl (C=O) groups is 2. The quantitative estimate of drug-likeness (QED) is 0.712. The number of carbonyl (C=O) groups excluding carboxylic acids is 2. The maximum Gasteiger partial charge on any atom is 0.291 e. The van der Waals surface area contributed by atoms with Crippen LogP contribution in [-0.4, -0.2) is 51.0 Å². The first-order valence-electron chi connectivity index (χ1n) is 6.86. The minimum atomic E-state index is -0.201. The average molecular weight is 280 g/mol. The number of amides is 2. The van der Waals surface area contributed by atoms with Crippen molar-refractivity contribution >= 4 is 17.8 Å². The molecule has 2 amide bonds. The molecule has 20 heavy (non-hydrogen) atoms. The topological polar surface area (TPSA) is 117 Å². The van der Waals surface area contributed by atoms with Crippen molar-refractivity contribution in [2.75, 3.05) is 18.8 Å². The fourth-order valence-corrected chi connectivity index (χ4v) is 2.27. The Morgan fingerprint density at radius 3 is 2.70 bits per heavy atom. The summed E-state index contributed by atoms with van der Waals surface area (Å²) in [5.41, 5.74) is 5.38. The first kappa shape index (κ1) is 14.3. The molecule has 0 unspecified atom stereocenters. The third-order valence-corrected chi connectivity index (χ3v) is 3.33. The van der Waals surface area contributed by atoms with Gasteiger partial charge in [-0.1, -0.05) is 6.92 Å². The number of rotatable bonds is 4. The molecule has 0 radical (unpaired) electrons. The van der Waals surface area contributed by atoms with Crippen LogP contribution in [0.15, 0.2) is 0 Å².